The van der Waals surface area contributed by atoms with Crippen LogP contribution >= 0.6 is 11.8 Å². The molecule has 0 aromatic heterocycles. The highest BCUT2D eigenvalue weighted by Crippen LogP contribution is 2.26. The molecule has 1 amide bonds. The molecule has 7 heteroatoms. The third kappa shape index (κ3) is 6.56. The molecule has 0 saturated carbocycles. The smallest absolute Gasteiger partial charge is 0.326 e. The number of nitrogens with one attached hydrogen (secondary N) is 1. The lowest BCUT2D eigenvalue weighted by Gasteiger charge is -2.32. The highest BCUT2D eigenvalue weighted by Gasteiger charge is 2.23. The second-order valence-corrected chi connectivity index (χ2v) is 8.96. The standard InChI is InChI=1S/C24H31N3O3S/c1-26-11-13-27(14-12-26)17-18-8-9-20(21(16-18)19-6-4-3-5-7-19)23(28)25-22(24(29)30)10-15-31-2/h3-9,16,22H,10-15,17H2,1-2H3,(H,25,28)(H,29,30). The molecule has 1 aliphatic rings. The molecule has 0 radical (unpaired) electrons. The van der Waals surface area contributed by atoms with Crippen LogP contribution < -0.4 is 5.32 Å². The monoisotopic (exact) mass is 441 g/mol. The number of nitrogens with zero attached hydrogens (tertiary/aromatic N) is 2. The quantitative estimate of drug-likeness (QED) is 0.623. The first-order chi connectivity index (χ1) is 15.0. The molecule has 1 saturated heterocycles. The number of carboxylic acid groups (broad SMARTS) is 1. The van der Waals surface area contributed by atoms with Gasteiger partial charge in [0.1, 0.15) is 6.04 Å². The van der Waals surface area contributed by atoms with Crippen LogP contribution in [0.5, 0.6) is 0 Å². The summed E-state index contributed by atoms with van der Waals surface area (Å²) in [6.07, 6.45) is 2.32. The lowest BCUT2D eigenvalue weighted by atomic mass is 9.96. The molecule has 1 heterocycles. The first kappa shape index (κ1) is 23.3. The second-order valence-electron chi connectivity index (χ2n) is 7.97. The van der Waals surface area contributed by atoms with Crippen LogP contribution in [0.15, 0.2) is 48.5 Å². The highest BCUT2D eigenvalue weighted by atomic mass is 32.2. The van der Waals surface area contributed by atoms with Crippen LogP contribution in [0.25, 0.3) is 11.1 Å². The lowest BCUT2D eigenvalue weighted by molar-refractivity contribution is -0.139. The van der Waals surface area contributed by atoms with E-state index in [1.165, 1.54) is 0 Å². The van der Waals surface area contributed by atoms with Gasteiger partial charge < -0.3 is 15.3 Å². The summed E-state index contributed by atoms with van der Waals surface area (Å²) in [4.78, 5) is 29.4. The molecule has 1 fully saturated rings. The van der Waals surface area contributed by atoms with Gasteiger partial charge in [0, 0.05) is 38.3 Å². The largest absolute Gasteiger partial charge is 0.480 e. The van der Waals surface area contributed by atoms with Gasteiger partial charge in [-0.3, -0.25) is 9.69 Å². The molecule has 3 rings (SSSR count). The maximum absolute atomic E-state index is 13.1. The second kappa shape index (κ2) is 11.3. The number of amides is 1. The number of aliphatic carboxylic acids is 1. The van der Waals surface area contributed by atoms with Crippen LogP contribution in [0.3, 0.4) is 0 Å². The van der Waals surface area contributed by atoms with E-state index < -0.39 is 12.0 Å². The number of benzene rings is 2. The van der Waals surface area contributed by atoms with Gasteiger partial charge in [0.15, 0.2) is 0 Å². The maximum Gasteiger partial charge on any atom is 0.326 e. The van der Waals surface area contributed by atoms with Crippen molar-refractivity contribution in [2.45, 2.75) is 19.0 Å². The zero-order valence-corrected chi connectivity index (χ0v) is 19.0. The number of rotatable bonds is 9. The Balaban J connectivity index is 1.85. The average Bonchev–Trinajstić information content (AvgIpc) is 2.78. The molecule has 1 atom stereocenters. The lowest BCUT2D eigenvalue weighted by Crippen LogP contribution is -2.43. The highest BCUT2D eigenvalue weighted by molar-refractivity contribution is 7.98. The van der Waals surface area contributed by atoms with E-state index in [1.807, 2.05) is 48.7 Å². The van der Waals surface area contributed by atoms with Crippen molar-refractivity contribution >= 4 is 23.6 Å². The van der Waals surface area contributed by atoms with E-state index >= 15 is 0 Å². The first-order valence-electron chi connectivity index (χ1n) is 10.6. The number of likely N-dealkylation sites (N-methyl/N-ethyl adjacent to an activating group) is 1. The van der Waals surface area contributed by atoms with Gasteiger partial charge in [-0.15, -0.1) is 0 Å². The Hall–Kier alpha value is -2.35. The summed E-state index contributed by atoms with van der Waals surface area (Å²) in [5, 5.41) is 12.2. The molecular formula is C24H31N3O3S. The first-order valence-corrected chi connectivity index (χ1v) is 12.0. The van der Waals surface area contributed by atoms with Gasteiger partial charge in [0.2, 0.25) is 0 Å². The molecule has 6 nitrogen and oxygen atoms in total. The SMILES string of the molecule is CSCCC(NC(=O)c1ccc(CN2CCN(C)CC2)cc1-c1ccccc1)C(=O)O. The number of hydrogen-bond donors (Lipinski definition) is 2. The zero-order valence-electron chi connectivity index (χ0n) is 18.2. The fourth-order valence-electron chi connectivity index (χ4n) is 3.74. The zero-order chi connectivity index (χ0) is 22.2. The summed E-state index contributed by atoms with van der Waals surface area (Å²) in [5.41, 5.74) is 3.43. The summed E-state index contributed by atoms with van der Waals surface area (Å²) in [6, 6.07) is 14.8. The van der Waals surface area contributed by atoms with Crippen molar-refractivity contribution in [3.63, 3.8) is 0 Å². The molecule has 0 aliphatic carbocycles. The third-order valence-electron chi connectivity index (χ3n) is 5.63. The van der Waals surface area contributed by atoms with Crippen LogP contribution in [0.1, 0.15) is 22.3 Å². The van der Waals surface area contributed by atoms with Crippen LogP contribution in [0.2, 0.25) is 0 Å². The summed E-state index contributed by atoms with van der Waals surface area (Å²) < 4.78 is 0. The molecule has 2 aromatic carbocycles. The van der Waals surface area contributed by atoms with Crippen molar-refractivity contribution in [1.82, 2.24) is 15.1 Å². The van der Waals surface area contributed by atoms with Crippen molar-refractivity contribution in [3.8, 4) is 11.1 Å². The Morgan fingerprint density at radius 2 is 1.81 bits per heavy atom. The van der Waals surface area contributed by atoms with Crippen molar-refractivity contribution in [3.05, 3.63) is 59.7 Å². The van der Waals surface area contributed by atoms with E-state index in [1.54, 1.807) is 11.8 Å². The Bertz CT molecular complexity index is 883. The number of carboxylic acids is 1. The Morgan fingerprint density at radius 1 is 1.10 bits per heavy atom. The summed E-state index contributed by atoms with van der Waals surface area (Å²) in [6.45, 7) is 4.99. The van der Waals surface area contributed by atoms with E-state index in [2.05, 4.69) is 28.2 Å². The number of hydrogen-bond acceptors (Lipinski definition) is 5. The fraction of sp³-hybridized carbons (Fsp3) is 0.417. The fourth-order valence-corrected chi connectivity index (χ4v) is 4.21. The van der Waals surface area contributed by atoms with Crippen LogP contribution in [0, 0.1) is 0 Å². The Kier molecular flexibility index (Phi) is 8.51. The van der Waals surface area contributed by atoms with Gasteiger partial charge in [-0.1, -0.05) is 36.4 Å². The van der Waals surface area contributed by atoms with E-state index in [0.717, 1.165) is 49.4 Å². The van der Waals surface area contributed by atoms with Crippen LogP contribution in [-0.4, -0.2) is 78.1 Å². The predicted octanol–water partition coefficient (Wildman–Crippen LogP) is 3.04. The minimum absolute atomic E-state index is 0.349. The molecule has 1 aliphatic heterocycles. The minimum atomic E-state index is -1.00. The molecular weight excluding hydrogens is 410 g/mol. The van der Waals surface area contributed by atoms with Crippen LogP contribution in [-0.2, 0) is 11.3 Å². The molecule has 2 N–H and O–H groups in total. The number of carbonyl (C=O) groups is 2. The van der Waals surface area contributed by atoms with Gasteiger partial charge in [0.05, 0.1) is 0 Å². The average molecular weight is 442 g/mol. The van der Waals surface area contributed by atoms with Crippen molar-refractivity contribution < 1.29 is 14.7 Å². The number of thioether (sulfide) groups is 1. The number of carbonyl (C=O) groups excluding carboxylic acids is 1. The van der Waals surface area contributed by atoms with Gasteiger partial charge in [-0.2, -0.15) is 11.8 Å². The topological polar surface area (TPSA) is 72.9 Å². The summed E-state index contributed by atoms with van der Waals surface area (Å²) in [7, 11) is 2.14. The van der Waals surface area contributed by atoms with E-state index in [9.17, 15) is 14.7 Å². The molecule has 0 bridgehead atoms. The summed E-state index contributed by atoms with van der Waals surface area (Å²) in [5.74, 6) is -0.680. The molecule has 31 heavy (non-hydrogen) atoms. The van der Waals surface area contributed by atoms with Crippen molar-refractivity contribution in [2.24, 2.45) is 0 Å². The van der Waals surface area contributed by atoms with Gasteiger partial charge in [0.25, 0.3) is 5.91 Å². The predicted molar refractivity (Wildman–Crippen MR) is 127 cm³/mol. The Morgan fingerprint density at radius 3 is 2.45 bits per heavy atom. The van der Waals surface area contributed by atoms with Crippen LogP contribution in [0.4, 0.5) is 0 Å². The molecule has 2 aromatic rings. The third-order valence-corrected chi connectivity index (χ3v) is 6.27. The number of piperazine rings is 1. The summed E-state index contributed by atoms with van der Waals surface area (Å²) >= 11 is 1.57. The maximum atomic E-state index is 13.1. The Labute approximate surface area is 188 Å². The van der Waals surface area contributed by atoms with E-state index in [-0.39, 0.29) is 5.91 Å². The van der Waals surface area contributed by atoms with Crippen molar-refractivity contribution in [2.75, 3.05) is 45.2 Å². The van der Waals surface area contributed by atoms with Gasteiger partial charge in [-0.05, 0) is 54.3 Å². The normalized spacial score (nSPS) is 16.1. The van der Waals surface area contributed by atoms with E-state index in [4.69, 9.17) is 0 Å². The van der Waals surface area contributed by atoms with E-state index in [0.29, 0.717) is 17.7 Å². The minimum Gasteiger partial charge on any atom is -0.480 e. The van der Waals surface area contributed by atoms with Crippen molar-refractivity contribution in [1.29, 1.82) is 0 Å². The molecule has 166 valence electrons. The molecule has 0 spiro atoms. The van der Waals surface area contributed by atoms with Gasteiger partial charge in [-0.25, -0.2) is 4.79 Å². The molecule has 1 unspecified atom stereocenters. The van der Waals surface area contributed by atoms with Gasteiger partial charge >= 0.3 is 5.97 Å².